The highest BCUT2D eigenvalue weighted by Crippen LogP contribution is 2.22. The molecule has 3 rings (SSSR count). The molecule has 0 saturated heterocycles. The van der Waals surface area contributed by atoms with Crippen molar-refractivity contribution in [3.63, 3.8) is 0 Å². The quantitative estimate of drug-likeness (QED) is 0.550. The lowest BCUT2D eigenvalue weighted by Gasteiger charge is -1.98. The van der Waals surface area contributed by atoms with Crippen LogP contribution in [0.1, 0.15) is 16.1 Å². The van der Waals surface area contributed by atoms with E-state index in [9.17, 15) is 4.79 Å². The maximum Gasteiger partial charge on any atom is 0.335 e. The number of aromatic carboxylic acids is 1. The molecule has 0 aliphatic rings. The Morgan fingerprint density at radius 1 is 1.00 bits per heavy atom. The average molecular weight is 306 g/mol. The Morgan fingerprint density at radius 2 is 1.74 bits per heavy atom. The zero-order chi connectivity index (χ0) is 16.1. The molecular weight excluding hydrogens is 292 g/mol. The van der Waals surface area contributed by atoms with Crippen LogP contribution in [-0.2, 0) is 0 Å². The second-order valence-electron chi connectivity index (χ2n) is 4.82. The first-order valence-electron chi connectivity index (χ1n) is 7.00. The van der Waals surface area contributed by atoms with Gasteiger partial charge in [0.1, 0.15) is 11.5 Å². The fraction of sp³-hybridized carbons (Fsp3) is 0. The van der Waals surface area contributed by atoms with Gasteiger partial charge in [0.2, 0.25) is 0 Å². The highest BCUT2D eigenvalue weighted by atomic mass is 16.4. The summed E-state index contributed by atoms with van der Waals surface area (Å²) in [6, 6.07) is 19.7. The van der Waals surface area contributed by atoms with Crippen molar-refractivity contribution in [2.45, 2.75) is 0 Å². The molecular formula is C18H14N2O3. The number of carbonyl (C=O) groups is 1. The third-order valence-corrected chi connectivity index (χ3v) is 3.20. The number of carboxylic acids is 1. The monoisotopic (exact) mass is 306 g/mol. The molecule has 0 bridgehead atoms. The minimum Gasteiger partial charge on any atom is -0.478 e. The van der Waals surface area contributed by atoms with Gasteiger partial charge in [0.05, 0.1) is 17.5 Å². The number of nitrogens with one attached hydrogen (secondary N) is 1. The van der Waals surface area contributed by atoms with Gasteiger partial charge in [-0.3, -0.25) is 5.43 Å². The zero-order valence-electron chi connectivity index (χ0n) is 12.1. The van der Waals surface area contributed by atoms with Crippen LogP contribution in [0.2, 0.25) is 0 Å². The van der Waals surface area contributed by atoms with Crippen molar-refractivity contribution in [3.05, 3.63) is 78.1 Å². The average Bonchev–Trinajstić information content (AvgIpc) is 3.05. The van der Waals surface area contributed by atoms with E-state index < -0.39 is 5.97 Å². The van der Waals surface area contributed by atoms with E-state index in [1.54, 1.807) is 36.5 Å². The molecule has 0 atom stereocenters. The first-order chi connectivity index (χ1) is 11.2. The van der Waals surface area contributed by atoms with Crippen LogP contribution >= 0.6 is 0 Å². The molecule has 0 amide bonds. The van der Waals surface area contributed by atoms with Crippen molar-refractivity contribution in [1.29, 1.82) is 0 Å². The molecule has 0 radical (unpaired) electrons. The first-order valence-corrected chi connectivity index (χ1v) is 7.00. The summed E-state index contributed by atoms with van der Waals surface area (Å²) in [4.78, 5) is 10.8. The van der Waals surface area contributed by atoms with Crippen LogP contribution in [0.25, 0.3) is 11.3 Å². The van der Waals surface area contributed by atoms with Gasteiger partial charge in [0.15, 0.2) is 0 Å². The summed E-state index contributed by atoms with van der Waals surface area (Å²) < 4.78 is 5.67. The number of furan rings is 1. The maximum atomic E-state index is 10.8. The lowest BCUT2D eigenvalue weighted by atomic mass is 10.1. The normalized spacial score (nSPS) is 10.8. The van der Waals surface area contributed by atoms with Gasteiger partial charge >= 0.3 is 5.97 Å². The van der Waals surface area contributed by atoms with Crippen LogP contribution in [0.5, 0.6) is 0 Å². The molecule has 1 aromatic heterocycles. The second-order valence-corrected chi connectivity index (χ2v) is 4.82. The minimum atomic E-state index is -0.948. The summed E-state index contributed by atoms with van der Waals surface area (Å²) in [5.41, 5.74) is 4.85. The fourth-order valence-corrected chi connectivity index (χ4v) is 2.04. The Labute approximate surface area is 132 Å². The van der Waals surface area contributed by atoms with E-state index in [1.807, 2.05) is 36.4 Å². The van der Waals surface area contributed by atoms with Crippen molar-refractivity contribution in [2.75, 3.05) is 5.43 Å². The molecule has 5 heteroatoms. The number of anilines is 1. The number of nitrogens with zero attached hydrogens (tertiary/aromatic N) is 1. The predicted octanol–water partition coefficient (Wildman–Crippen LogP) is 4.09. The predicted molar refractivity (Wildman–Crippen MR) is 88.8 cm³/mol. The molecule has 2 aromatic carbocycles. The van der Waals surface area contributed by atoms with Gasteiger partial charge in [-0.1, -0.05) is 30.3 Å². The molecule has 0 aliphatic carbocycles. The molecule has 114 valence electrons. The smallest absolute Gasteiger partial charge is 0.335 e. The molecule has 23 heavy (non-hydrogen) atoms. The summed E-state index contributed by atoms with van der Waals surface area (Å²) in [5, 5.41) is 13.0. The standard InChI is InChI=1S/C18H14N2O3/c21-18(22)14-8-6-13(7-9-14)17-11-10-16(23-17)12-19-20-15-4-2-1-3-5-15/h1-12,20H,(H,21,22)/b19-12+. The van der Waals surface area contributed by atoms with Crippen LogP contribution in [0.15, 0.2) is 76.2 Å². The van der Waals surface area contributed by atoms with E-state index in [0.717, 1.165) is 11.3 Å². The lowest BCUT2D eigenvalue weighted by Crippen LogP contribution is -1.94. The van der Waals surface area contributed by atoms with Crippen LogP contribution in [-0.4, -0.2) is 17.3 Å². The molecule has 0 aliphatic heterocycles. The Bertz CT molecular complexity index is 821. The van der Waals surface area contributed by atoms with Gasteiger partial charge in [-0.15, -0.1) is 0 Å². The number of benzene rings is 2. The van der Waals surface area contributed by atoms with Crippen LogP contribution in [0.3, 0.4) is 0 Å². The number of hydrogen-bond donors (Lipinski definition) is 2. The first kappa shape index (κ1) is 14.6. The van der Waals surface area contributed by atoms with Crippen molar-refractivity contribution in [3.8, 4) is 11.3 Å². The van der Waals surface area contributed by atoms with Crippen molar-refractivity contribution in [2.24, 2.45) is 5.10 Å². The molecule has 2 N–H and O–H groups in total. The van der Waals surface area contributed by atoms with E-state index in [1.165, 1.54) is 0 Å². The highest BCUT2D eigenvalue weighted by molar-refractivity contribution is 5.88. The summed E-state index contributed by atoms with van der Waals surface area (Å²) in [6.45, 7) is 0. The second kappa shape index (κ2) is 6.62. The third kappa shape index (κ3) is 3.65. The highest BCUT2D eigenvalue weighted by Gasteiger charge is 2.06. The molecule has 1 heterocycles. The summed E-state index contributed by atoms with van der Waals surface area (Å²) in [6.07, 6.45) is 1.59. The van der Waals surface area contributed by atoms with Gasteiger partial charge in [-0.2, -0.15) is 5.10 Å². The summed E-state index contributed by atoms with van der Waals surface area (Å²) >= 11 is 0. The van der Waals surface area contributed by atoms with Crippen LogP contribution in [0, 0.1) is 0 Å². The van der Waals surface area contributed by atoms with E-state index in [2.05, 4.69) is 10.5 Å². The Hall–Kier alpha value is -3.34. The summed E-state index contributed by atoms with van der Waals surface area (Å²) in [5.74, 6) is 0.310. The van der Waals surface area contributed by atoms with E-state index in [0.29, 0.717) is 11.5 Å². The van der Waals surface area contributed by atoms with Crippen LogP contribution < -0.4 is 5.43 Å². The molecule has 0 spiro atoms. The number of hydrazone groups is 1. The van der Waals surface area contributed by atoms with E-state index in [-0.39, 0.29) is 5.56 Å². The van der Waals surface area contributed by atoms with Crippen molar-refractivity contribution in [1.82, 2.24) is 0 Å². The van der Waals surface area contributed by atoms with Gasteiger partial charge in [0, 0.05) is 5.56 Å². The Balaban J connectivity index is 1.69. The van der Waals surface area contributed by atoms with Gasteiger partial charge < -0.3 is 9.52 Å². The largest absolute Gasteiger partial charge is 0.478 e. The molecule has 0 fully saturated rings. The topological polar surface area (TPSA) is 74.8 Å². The SMILES string of the molecule is O=C(O)c1ccc(-c2ccc(/C=N/Nc3ccccc3)o2)cc1. The van der Waals surface area contributed by atoms with Gasteiger partial charge in [0.25, 0.3) is 0 Å². The fourth-order valence-electron chi connectivity index (χ4n) is 2.04. The number of hydrogen-bond acceptors (Lipinski definition) is 4. The molecule has 0 unspecified atom stereocenters. The Morgan fingerprint density at radius 3 is 2.43 bits per heavy atom. The number of para-hydroxylation sites is 1. The van der Waals surface area contributed by atoms with Gasteiger partial charge in [-0.25, -0.2) is 4.79 Å². The number of rotatable bonds is 5. The van der Waals surface area contributed by atoms with Gasteiger partial charge in [-0.05, 0) is 36.4 Å². The lowest BCUT2D eigenvalue weighted by molar-refractivity contribution is 0.0697. The third-order valence-electron chi connectivity index (χ3n) is 3.20. The van der Waals surface area contributed by atoms with Crippen molar-refractivity contribution < 1.29 is 14.3 Å². The molecule has 3 aromatic rings. The molecule has 0 saturated carbocycles. The van der Waals surface area contributed by atoms with E-state index >= 15 is 0 Å². The zero-order valence-corrected chi connectivity index (χ0v) is 12.1. The van der Waals surface area contributed by atoms with E-state index in [4.69, 9.17) is 9.52 Å². The van der Waals surface area contributed by atoms with Crippen molar-refractivity contribution >= 4 is 17.9 Å². The number of carboxylic acid groups (broad SMARTS) is 1. The Kier molecular flexibility index (Phi) is 4.20. The maximum absolute atomic E-state index is 10.8. The minimum absolute atomic E-state index is 0.245. The van der Waals surface area contributed by atoms with Crippen LogP contribution in [0.4, 0.5) is 5.69 Å². The summed E-state index contributed by atoms with van der Waals surface area (Å²) in [7, 11) is 0. The molecule has 5 nitrogen and oxygen atoms in total.